The van der Waals surface area contributed by atoms with E-state index in [0.29, 0.717) is 52.7 Å². The smallest absolute Gasteiger partial charge is 0.245 e. The molecule has 11 heteroatoms. The molecule has 0 saturated carbocycles. The van der Waals surface area contributed by atoms with Crippen molar-refractivity contribution < 1.29 is 13.9 Å². The third kappa shape index (κ3) is 4.93. The summed E-state index contributed by atoms with van der Waals surface area (Å²) in [7, 11) is 0. The van der Waals surface area contributed by atoms with Gasteiger partial charge in [0.05, 0.1) is 11.2 Å². The summed E-state index contributed by atoms with van der Waals surface area (Å²) in [5.41, 5.74) is 3.33. The number of nitrogens with one attached hydrogen (secondary N) is 1. The Bertz CT molecular complexity index is 1740. The molecule has 1 aliphatic rings. The van der Waals surface area contributed by atoms with Crippen molar-refractivity contribution in [1.82, 2.24) is 34.4 Å². The van der Waals surface area contributed by atoms with Crippen LogP contribution in [0.4, 0.5) is 15.9 Å². The summed E-state index contributed by atoms with van der Waals surface area (Å²) < 4.78 is 23.1. The zero-order chi connectivity index (χ0) is 27.6. The van der Waals surface area contributed by atoms with Gasteiger partial charge in [-0.3, -0.25) is 4.79 Å². The molecule has 5 heterocycles. The Hall–Kier alpha value is -4.93. The minimum Gasteiger partial charge on any atom is -0.457 e. The lowest BCUT2D eigenvalue weighted by atomic mass is 9.96. The summed E-state index contributed by atoms with van der Waals surface area (Å²) >= 11 is 0. The van der Waals surface area contributed by atoms with Crippen LogP contribution in [0.2, 0.25) is 0 Å². The zero-order valence-electron chi connectivity index (χ0n) is 21.9. The fourth-order valence-corrected chi connectivity index (χ4v) is 5.00. The SMILES string of the molecule is C=CC(=O)N1CCCC(c2ccc3ncnc(Nc4ccc(Oc5ccn6ncnc6c5)c(C)c4F)c3n2)CC1. The van der Waals surface area contributed by atoms with Gasteiger partial charge in [-0.2, -0.15) is 5.10 Å². The Kier molecular flexibility index (Phi) is 6.77. The number of carbonyl (C=O) groups excluding carboxylic acids is 1. The molecule has 1 amide bonds. The van der Waals surface area contributed by atoms with Gasteiger partial charge in [0.2, 0.25) is 5.91 Å². The molecule has 0 bridgehead atoms. The van der Waals surface area contributed by atoms with E-state index in [1.165, 1.54) is 18.7 Å². The highest BCUT2D eigenvalue weighted by Gasteiger charge is 2.22. The van der Waals surface area contributed by atoms with Crippen molar-refractivity contribution in [2.24, 2.45) is 0 Å². The number of halogens is 1. The Labute approximate surface area is 229 Å². The molecule has 1 atom stereocenters. The van der Waals surface area contributed by atoms with E-state index in [1.807, 2.05) is 17.0 Å². The number of carbonyl (C=O) groups is 1. The quantitative estimate of drug-likeness (QED) is 0.289. The number of likely N-dealkylation sites (tertiary alicyclic amines) is 1. The Morgan fingerprint density at radius 3 is 2.90 bits per heavy atom. The van der Waals surface area contributed by atoms with E-state index in [2.05, 4.69) is 31.9 Å². The van der Waals surface area contributed by atoms with Crippen molar-refractivity contribution in [3.63, 3.8) is 0 Å². The van der Waals surface area contributed by atoms with Gasteiger partial charge in [-0.25, -0.2) is 28.8 Å². The molecule has 4 aromatic heterocycles. The zero-order valence-corrected chi connectivity index (χ0v) is 21.9. The first-order valence-electron chi connectivity index (χ1n) is 13.1. The topological polar surface area (TPSA) is 110 Å². The molecule has 40 heavy (non-hydrogen) atoms. The molecule has 0 radical (unpaired) electrons. The second-order valence-corrected chi connectivity index (χ2v) is 9.69. The third-order valence-electron chi connectivity index (χ3n) is 7.21. The summed E-state index contributed by atoms with van der Waals surface area (Å²) in [6.45, 7) is 6.62. The number of aromatic nitrogens is 6. The van der Waals surface area contributed by atoms with Crippen molar-refractivity contribution in [3.05, 3.63) is 85.0 Å². The van der Waals surface area contributed by atoms with E-state index in [9.17, 15) is 4.79 Å². The molecule has 1 saturated heterocycles. The highest BCUT2D eigenvalue weighted by atomic mass is 19.1. The van der Waals surface area contributed by atoms with Gasteiger partial charge in [-0.05, 0) is 62.6 Å². The van der Waals surface area contributed by atoms with Gasteiger partial charge in [0.15, 0.2) is 17.3 Å². The van der Waals surface area contributed by atoms with E-state index in [-0.39, 0.29) is 17.5 Å². The van der Waals surface area contributed by atoms with E-state index < -0.39 is 5.82 Å². The Morgan fingerprint density at radius 2 is 2.02 bits per heavy atom. The maximum absolute atomic E-state index is 15.5. The normalized spacial score (nSPS) is 15.7. The van der Waals surface area contributed by atoms with Crippen molar-refractivity contribution in [2.45, 2.75) is 32.1 Å². The molecule has 1 aromatic carbocycles. The summed E-state index contributed by atoms with van der Waals surface area (Å²) in [5.74, 6) is 1.01. The van der Waals surface area contributed by atoms with Gasteiger partial charge in [-0.1, -0.05) is 6.58 Å². The lowest BCUT2D eigenvalue weighted by molar-refractivity contribution is -0.125. The number of pyridine rings is 2. The van der Waals surface area contributed by atoms with Gasteiger partial charge in [0.1, 0.15) is 29.7 Å². The van der Waals surface area contributed by atoms with E-state index >= 15 is 4.39 Å². The van der Waals surface area contributed by atoms with Crippen molar-refractivity contribution in [2.75, 3.05) is 18.4 Å². The van der Waals surface area contributed by atoms with Crippen LogP contribution in [-0.4, -0.2) is 53.4 Å². The third-order valence-corrected chi connectivity index (χ3v) is 7.21. The Balaban J connectivity index is 1.25. The number of hydrogen-bond acceptors (Lipinski definition) is 8. The van der Waals surface area contributed by atoms with Gasteiger partial charge >= 0.3 is 0 Å². The molecule has 1 N–H and O–H groups in total. The summed E-state index contributed by atoms with van der Waals surface area (Å²) in [6.07, 6.45) is 8.57. The minimum absolute atomic E-state index is 0.0443. The largest absolute Gasteiger partial charge is 0.457 e. The number of amides is 1. The number of nitrogens with zero attached hydrogens (tertiary/aromatic N) is 7. The number of anilines is 2. The predicted octanol–water partition coefficient (Wildman–Crippen LogP) is 5.33. The summed E-state index contributed by atoms with van der Waals surface area (Å²) in [6, 6.07) is 10.7. The van der Waals surface area contributed by atoms with Gasteiger partial charge in [0, 0.05) is 42.5 Å². The standard InChI is InChI=1S/C29H27FN8O2/c1-3-26(39)37-12-4-5-19(10-13-37)21-6-7-23-28(35-21)29(33-16-31-23)36-22-8-9-24(18(2)27(22)30)40-20-11-14-38-25(15-20)32-17-34-38/h3,6-9,11,14-17,19H,1,4-5,10,12-13H2,2H3,(H,31,33,36). The van der Waals surface area contributed by atoms with Crippen LogP contribution in [0.1, 0.15) is 36.4 Å². The lowest BCUT2D eigenvalue weighted by Gasteiger charge is -2.18. The fourth-order valence-electron chi connectivity index (χ4n) is 5.00. The highest BCUT2D eigenvalue weighted by molar-refractivity contribution is 5.87. The molecular weight excluding hydrogens is 511 g/mol. The lowest BCUT2D eigenvalue weighted by Crippen LogP contribution is -2.30. The summed E-state index contributed by atoms with van der Waals surface area (Å²) in [4.78, 5) is 31.7. The van der Waals surface area contributed by atoms with E-state index in [0.717, 1.165) is 25.0 Å². The molecule has 202 valence electrons. The second-order valence-electron chi connectivity index (χ2n) is 9.69. The fraction of sp³-hybridized carbons (Fsp3) is 0.241. The number of hydrogen-bond donors (Lipinski definition) is 1. The van der Waals surface area contributed by atoms with Crippen LogP contribution >= 0.6 is 0 Å². The van der Waals surface area contributed by atoms with Crippen molar-refractivity contribution in [1.29, 1.82) is 0 Å². The first kappa shape index (κ1) is 25.4. The highest BCUT2D eigenvalue weighted by Crippen LogP contribution is 2.34. The monoisotopic (exact) mass is 538 g/mol. The van der Waals surface area contributed by atoms with Crippen LogP contribution in [0.15, 0.2) is 67.9 Å². The first-order valence-corrected chi connectivity index (χ1v) is 13.1. The van der Waals surface area contributed by atoms with Gasteiger partial charge in [-0.15, -0.1) is 0 Å². The van der Waals surface area contributed by atoms with Gasteiger partial charge in [0.25, 0.3) is 0 Å². The summed E-state index contributed by atoms with van der Waals surface area (Å²) in [5, 5.41) is 7.18. The average molecular weight is 539 g/mol. The van der Waals surface area contributed by atoms with Crippen molar-refractivity contribution >= 4 is 34.1 Å². The molecule has 10 nitrogen and oxygen atoms in total. The molecule has 1 unspecified atom stereocenters. The molecular formula is C29H27FN8O2. The molecule has 1 aliphatic heterocycles. The molecule has 1 fully saturated rings. The number of rotatable bonds is 6. The number of fused-ring (bicyclic) bond motifs is 2. The maximum Gasteiger partial charge on any atom is 0.245 e. The average Bonchev–Trinajstić information content (AvgIpc) is 3.31. The second kappa shape index (κ2) is 10.7. The Morgan fingerprint density at radius 1 is 1.12 bits per heavy atom. The minimum atomic E-state index is -0.459. The van der Waals surface area contributed by atoms with Crippen LogP contribution in [-0.2, 0) is 4.79 Å². The van der Waals surface area contributed by atoms with Crippen LogP contribution in [0.3, 0.4) is 0 Å². The van der Waals surface area contributed by atoms with Crippen LogP contribution in [0.5, 0.6) is 11.5 Å². The molecule has 0 aliphatic carbocycles. The number of ether oxygens (including phenoxy) is 1. The maximum atomic E-state index is 15.5. The molecule has 6 rings (SSSR count). The number of benzene rings is 1. The van der Waals surface area contributed by atoms with E-state index in [4.69, 9.17) is 9.72 Å². The van der Waals surface area contributed by atoms with Crippen LogP contribution < -0.4 is 10.1 Å². The van der Waals surface area contributed by atoms with Gasteiger partial charge < -0.3 is 15.0 Å². The molecule has 0 spiro atoms. The van der Waals surface area contributed by atoms with Crippen molar-refractivity contribution in [3.8, 4) is 11.5 Å². The van der Waals surface area contributed by atoms with E-state index in [1.54, 1.807) is 41.9 Å². The molecule has 5 aromatic rings. The van der Waals surface area contributed by atoms with Crippen LogP contribution in [0.25, 0.3) is 16.7 Å². The first-order chi connectivity index (χ1) is 19.5. The van der Waals surface area contributed by atoms with Crippen LogP contribution in [0, 0.1) is 12.7 Å². The predicted molar refractivity (Wildman–Crippen MR) is 148 cm³/mol.